The van der Waals surface area contributed by atoms with Crippen molar-refractivity contribution < 1.29 is 13.9 Å². The summed E-state index contributed by atoms with van der Waals surface area (Å²) in [6, 6.07) is 4.26. The molecular weight excluding hydrogens is 310 g/mol. The van der Waals surface area contributed by atoms with Crippen LogP contribution < -0.4 is 5.32 Å². The third kappa shape index (κ3) is 2.69. The third-order valence-corrected chi connectivity index (χ3v) is 3.59. The SMILES string of the molecule is COC1=CCC(c2cnc3oc(NCc4cccnc4)nn23)=CO1. The lowest BCUT2D eigenvalue weighted by molar-refractivity contribution is 0.117. The van der Waals surface area contributed by atoms with Crippen LogP contribution in [0.3, 0.4) is 0 Å². The molecule has 0 bridgehead atoms. The highest BCUT2D eigenvalue weighted by Gasteiger charge is 2.17. The molecule has 122 valence electrons. The van der Waals surface area contributed by atoms with Crippen LogP contribution in [0.15, 0.2) is 53.4 Å². The summed E-state index contributed by atoms with van der Waals surface area (Å²) < 4.78 is 17.7. The number of nitrogens with one attached hydrogen (secondary N) is 1. The molecule has 0 amide bonds. The summed E-state index contributed by atoms with van der Waals surface area (Å²) in [4.78, 5) is 8.31. The Balaban J connectivity index is 1.52. The van der Waals surface area contributed by atoms with Gasteiger partial charge in [-0.05, 0) is 11.6 Å². The Morgan fingerprint density at radius 2 is 2.33 bits per heavy atom. The van der Waals surface area contributed by atoms with E-state index in [1.165, 1.54) is 0 Å². The van der Waals surface area contributed by atoms with Crippen molar-refractivity contribution in [1.29, 1.82) is 0 Å². The van der Waals surface area contributed by atoms with Crippen LogP contribution in [0.1, 0.15) is 17.7 Å². The predicted molar refractivity (Wildman–Crippen MR) is 85.6 cm³/mol. The minimum atomic E-state index is 0.397. The largest absolute Gasteiger partial charge is 0.469 e. The standard InChI is InChI=1S/C16H15N5O3/c1-22-14-5-4-12(10-23-14)13-9-19-16-21(13)20-15(24-16)18-8-11-3-2-6-17-7-11/h2-3,5-7,9-10H,4,8H2,1H3,(H,18,20). The molecule has 3 aromatic rings. The van der Waals surface area contributed by atoms with Gasteiger partial charge in [0.2, 0.25) is 0 Å². The number of imidazole rings is 1. The van der Waals surface area contributed by atoms with Gasteiger partial charge in [0.1, 0.15) is 6.26 Å². The van der Waals surface area contributed by atoms with Crippen LogP contribution in [0.4, 0.5) is 6.01 Å². The van der Waals surface area contributed by atoms with Gasteiger partial charge in [-0.15, -0.1) is 5.10 Å². The number of anilines is 1. The van der Waals surface area contributed by atoms with E-state index >= 15 is 0 Å². The van der Waals surface area contributed by atoms with Gasteiger partial charge < -0.3 is 19.2 Å². The van der Waals surface area contributed by atoms with Crippen molar-refractivity contribution in [1.82, 2.24) is 19.6 Å². The van der Waals surface area contributed by atoms with Crippen molar-refractivity contribution in [3.8, 4) is 0 Å². The number of allylic oxidation sites excluding steroid dienone is 2. The number of nitrogens with zero attached hydrogens (tertiary/aromatic N) is 4. The third-order valence-electron chi connectivity index (χ3n) is 3.59. The number of aromatic nitrogens is 4. The van der Waals surface area contributed by atoms with Crippen LogP contribution in [-0.2, 0) is 16.0 Å². The molecule has 0 radical (unpaired) electrons. The zero-order chi connectivity index (χ0) is 16.4. The van der Waals surface area contributed by atoms with Gasteiger partial charge in [0.15, 0.2) is 0 Å². The first-order valence-electron chi connectivity index (χ1n) is 7.41. The zero-order valence-corrected chi connectivity index (χ0v) is 13.0. The van der Waals surface area contributed by atoms with Crippen LogP contribution in [0.2, 0.25) is 0 Å². The maximum Gasteiger partial charge on any atom is 0.326 e. The molecule has 24 heavy (non-hydrogen) atoms. The van der Waals surface area contributed by atoms with Crippen molar-refractivity contribution in [3.63, 3.8) is 0 Å². The minimum Gasteiger partial charge on any atom is -0.469 e. The van der Waals surface area contributed by atoms with Gasteiger partial charge >= 0.3 is 11.9 Å². The van der Waals surface area contributed by atoms with E-state index in [-0.39, 0.29) is 0 Å². The summed E-state index contributed by atoms with van der Waals surface area (Å²) in [5.41, 5.74) is 2.79. The summed E-state index contributed by atoms with van der Waals surface area (Å²) >= 11 is 0. The van der Waals surface area contributed by atoms with E-state index in [9.17, 15) is 0 Å². The summed E-state index contributed by atoms with van der Waals surface area (Å²) in [6.45, 7) is 0.568. The van der Waals surface area contributed by atoms with E-state index in [1.807, 2.05) is 18.2 Å². The topological polar surface area (TPSA) is 86.7 Å². The molecule has 0 aliphatic carbocycles. The molecule has 0 unspecified atom stereocenters. The van der Waals surface area contributed by atoms with Crippen molar-refractivity contribution in [2.75, 3.05) is 12.4 Å². The first-order chi connectivity index (χ1) is 11.8. The van der Waals surface area contributed by atoms with Crippen molar-refractivity contribution >= 4 is 17.4 Å². The zero-order valence-electron chi connectivity index (χ0n) is 13.0. The monoisotopic (exact) mass is 325 g/mol. The fourth-order valence-corrected chi connectivity index (χ4v) is 2.38. The first-order valence-corrected chi connectivity index (χ1v) is 7.41. The normalized spacial score (nSPS) is 14.0. The molecule has 1 aliphatic rings. The van der Waals surface area contributed by atoms with E-state index in [0.717, 1.165) is 16.8 Å². The first kappa shape index (κ1) is 14.3. The van der Waals surface area contributed by atoms with Crippen LogP contribution in [0, 0.1) is 0 Å². The lowest BCUT2D eigenvalue weighted by atomic mass is 10.1. The van der Waals surface area contributed by atoms with Gasteiger partial charge in [-0.25, -0.2) is 4.98 Å². The average molecular weight is 325 g/mol. The molecule has 4 heterocycles. The van der Waals surface area contributed by atoms with Crippen LogP contribution >= 0.6 is 0 Å². The van der Waals surface area contributed by atoms with Crippen molar-refractivity contribution in [2.45, 2.75) is 13.0 Å². The number of fused-ring (bicyclic) bond motifs is 1. The van der Waals surface area contributed by atoms with Crippen LogP contribution in [0.25, 0.3) is 11.4 Å². The number of pyridine rings is 1. The smallest absolute Gasteiger partial charge is 0.326 e. The lowest BCUT2D eigenvalue weighted by Crippen LogP contribution is -2.02. The molecule has 0 spiro atoms. The molecule has 3 aromatic heterocycles. The fraction of sp³-hybridized carbons (Fsp3) is 0.188. The number of hydrogen-bond acceptors (Lipinski definition) is 7. The molecule has 0 aromatic carbocycles. The number of hydrogen-bond donors (Lipinski definition) is 1. The Bertz CT molecular complexity index is 910. The second kappa shape index (κ2) is 6.07. The highest BCUT2D eigenvalue weighted by Crippen LogP contribution is 2.26. The Morgan fingerprint density at radius 1 is 1.38 bits per heavy atom. The molecule has 8 heteroatoms. The number of ether oxygens (including phenoxy) is 2. The summed E-state index contributed by atoms with van der Waals surface area (Å²) in [5.74, 6) is 0.902. The Morgan fingerprint density at radius 3 is 3.08 bits per heavy atom. The maximum absolute atomic E-state index is 5.60. The Labute approximate surface area is 137 Å². The molecule has 0 saturated heterocycles. The second-order valence-electron chi connectivity index (χ2n) is 5.15. The molecule has 0 atom stereocenters. The quantitative estimate of drug-likeness (QED) is 0.771. The Kier molecular flexibility index (Phi) is 3.62. The van der Waals surface area contributed by atoms with E-state index < -0.39 is 0 Å². The van der Waals surface area contributed by atoms with Gasteiger partial charge in [0.25, 0.3) is 5.95 Å². The van der Waals surface area contributed by atoms with Crippen LogP contribution in [0.5, 0.6) is 0 Å². The van der Waals surface area contributed by atoms with Crippen molar-refractivity contribution in [3.05, 3.63) is 60.3 Å². The lowest BCUT2D eigenvalue weighted by Gasteiger charge is -2.12. The van der Waals surface area contributed by atoms with Gasteiger partial charge in [0.05, 0.1) is 19.0 Å². The van der Waals surface area contributed by atoms with Crippen molar-refractivity contribution in [2.24, 2.45) is 0 Å². The molecule has 0 fully saturated rings. The molecule has 4 rings (SSSR count). The summed E-state index contributed by atoms with van der Waals surface area (Å²) in [6.07, 6.45) is 9.39. The molecule has 8 nitrogen and oxygen atoms in total. The van der Waals surface area contributed by atoms with Gasteiger partial charge in [-0.3, -0.25) is 4.98 Å². The summed E-state index contributed by atoms with van der Waals surface area (Å²) in [7, 11) is 1.57. The molecule has 0 saturated carbocycles. The average Bonchev–Trinajstić information content (AvgIpc) is 3.21. The van der Waals surface area contributed by atoms with E-state index in [1.54, 1.807) is 36.5 Å². The number of methoxy groups -OCH3 is 1. The predicted octanol–water partition coefficient (Wildman–Crippen LogP) is 2.58. The number of rotatable bonds is 5. The van der Waals surface area contributed by atoms with E-state index in [4.69, 9.17) is 13.9 Å². The molecule has 1 aliphatic heterocycles. The van der Waals surface area contributed by atoms with Gasteiger partial charge in [-0.2, -0.15) is 4.52 Å². The maximum atomic E-state index is 5.60. The Hall–Kier alpha value is -3.29. The highest BCUT2D eigenvalue weighted by atomic mass is 16.7. The molecule has 1 N–H and O–H groups in total. The fourth-order valence-electron chi connectivity index (χ4n) is 2.38. The van der Waals surface area contributed by atoms with E-state index in [0.29, 0.717) is 30.8 Å². The van der Waals surface area contributed by atoms with Gasteiger partial charge in [0, 0.05) is 37.0 Å². The molecular formula is C16H15N5O3. The van der Waals surface area contributed by atoms with E-state index in [2.05, 4.69) is 20.4 Å². The second-order valence-corrected chi connectivity index (χ2v) is 5.15. The van der Waals surface area contributed by atoms with Crippen LogP contribution in [-0.4, -0.2) is 26.7 Å². The van der Waals surface area contributed by atoms with Gasteiger partial charge in [-0.1, -0.05) is 6.07 Å². The highest BCUT2D eigenvalue weighted by molar-refractivity contribution is 5.65. The minimum absolute atomic E-state index is 0.397. The summed E-state index contributed by atoms with van der Waals surface area (Å²) in [5, 5.41) is 7.53.